The number of carbonyl (C=O) groups is 2. The Bertz CT molecular complexity index is 379. The molecule has 0 heterocycles. The lowest BCUT2D eigenvalue weighted by molar-refractivity contribution is 0.0600. The van der Waals surface area contributed by atoms with Gasteiger partial charge in [-0.25, -0.2) is 15.4 Å². The Labute approximate surface area is 86.4 Å². The van der Waals surface area contributed by atoms with Gasteiger partial charge >= 0.3 is 12.0 Å². The van der Waals surface area contributed by atoms with E-state index in [-0.39, 0.29) is 0 Å². The summed E-state index contributed by atoms with van der Waals surface area (Å²) in [6, 6.07) is 5.76. The molecule has 0 unspecified atom stereocenters. The summed E-state index contributed by atoms with van der Waals surface area (Å²) < 4.78 is 4.53. The third kappa shape index (κ3) is 2.96. The molecule has 0 bridgehead atoms. The molecule has 0 aliphatic heterocycles. The zero-order valence-corrected chi connectivity index (χ0v) is 8.11. The zero-order valence-electron chi connectivity index (χ0n) is 8.11. The largest absolute Gasteiger partial charge is 0.465 e. The molecule has 15 heavy (non-hydrogen) atoms. The number of methoxy groups -OCH3 is 1. The van der Waals surface area contributed by atoms with E-state index in [4.69, 9.17) is 5.84 Å². The third-order valence-corrected chi connectivity index (χ3v) is 1.67. The van der Waals surface area contributed by atoms with Crippen molar-refractivity contribution in [1.82, 2.24) is 5.43 Å². The molecule has 1 aromatic carbocycles. The van der Waals surface area contributed by atoms with Crippen LogP contribution in [0, 0.1) is 0 Å². The van der Waals surface area contributed by atoms with Crippen LogP contribution in [0.25, 0.3) is 0 Å². The second-order valence-corrected chi connectivity index (χ2v) is 2.67. The van der Waals surface area contributed by atoms with Crippen molar-refractivity contribution >= 4 is 17.7 Å². The molecule has 6 heteroatoms. The summed E-state index contributed by atoms with van der Waals surface area (Å²) in [5.74, 6) is 4.42. The number of rotatable bonds is 2. The van der Waals surface area contributed by atoms with E-state index in [2.05, 4.69) is 10.1 Å². The predicted molar refractivity (Wildman–Crippen MR) is 54.1 cm³/mol. The van der Waals surface area contributed by atoms with Crippen molar-refractivity contribution in [3.8, 4) is 0 Å². The first kappa shape index (κ1) is 11.0. The maximum Gasteiger partial charge on any atom is 0.337 e. The fourth-order valence-corrected chi connectivity index (χ4v) is 1.01. The number of benzene rings is 1. The van der Waals surface area contributed by atoms with E-state index < -0.39 is 12.0 Å². The van der Waals surface area contributed by atoms with Crippen LogP contribution >= 0.6 is 0 Å². The standard InChI is InChI=1S/C9H11N3O3/c1-15-8(13)6-3-2-4-7(5-6)11-9(14)12-10/h2-5H,10H2,1H3,(H2,11,12,14). The number of carbonyl (C=O) groups excluding carboxylic acids is 2. The van der Waals surface area contributed by atoms with E-state index >= 15 is 0 Å². The van der Waals surface area contributed by atoms with Crippen molar-refractivity contribution in [1.29, 1.82) is 0 Å². The summed E-state index contributed by atoms with van der Waals surface area (Å²) in [7, 11) is 1.29. The number of amides is 2. The number of nitrogens with one attached hydrogen (secondary N) is 2. The summed E-state index contributed by atoms with van der Waals surface area (Å²) in [5, 5.41) is 2.43. The Hall–Kier alpha value is -2.08. The number of esters is 1. The van der Waals surface area contributed by atoms with Crippen molar-refractivity contribution in [3.05, 3.63) is 29.8 Å². The normalized spacial score (nSPS) is 9.20. The van der Waals surface area contributed by atoms with Gasteiger partial charge in [-0.15, -0.1) is 0 Å². The van der Waals surface area contributed by atoms with E-state index in [1.807, 2.05) is 5.43 Å². The predicted octanol–water partition coefficient (Wildman–Crippen LogP) is 0.468. The van der Waals surface area contributed by atoms with Gasteiger partial charge in [0.2, 0.25) is 0 Å². The van der Waals surface area contributed by atoms with Crippen LogP contribution in [0.3, 0.4) is 0 Å². The number of nitrogens with two attached hydrogens (primary N) is 1. The van der Waals surface area contributed by atoms with Crippen LogP contribution < -0.4 is 16.6 Å². The van der Waals surface area contributed by atoms with Crippen LogP contribution in [0.1, 0.15) is 10.4 Å². The Morgan fingerprint density at radius 1 is 1.40 bits per heavy atom. The molecule has 0 atom stereocenters. The van der Waals surface area contributed by atoms with Crippen molar-refractivity contribution in [2.45, 2.75) is 0 Å². The van der Waals surface area contributed by atoms with E-state index in [1.165, 1.54) is 13.2 Å². The molecular weight excluding hydrogens is 198 g/mol. The topological polar surface area (TPSA) is 93.4 Å². The van der Waals surface area contributed by atoms with Gasteiger partial charge in [0.25, 0.3) is 0 Å². The fraction of sp³-hybridized carbons (Fsp3) is 0.111. The monoisotopic (exact) mass is 209 g/mol. The summed E-state index contributed by atoms with van der Waals surface area (Å²) in [4.78, 5) is 22.0. The van der Waals surface area contributed by atoms with Gasteiger partial charge in [-0.3, -0.25) is 5.43 Å². The van der Waals surface area contributed by atoms with Crippen molar-refractivity contribution < 1.29 is 14.3 Å². The van der Waals surface area contributed by atoms with Gasteiger partial charge in [-0.2, -0.15) is 0 Å². The van der Waals surface area contributed by atoms with Crippen LogP contribution in [0.5, 0.6) is 0 Å². The molecule has 2 amide bonds. The molecular formula is C9H11N3O3. The Morgan fingerprint density at radius 3 is 2.73 bits per heavy atom. The average molecular weight is 209 g/mol. The van der Waals surface area contributed by atoms with Crippen LogP contribution in [-0.4, -0.2) is 19.1 Å². The lowest BCUT2D eigenvalue weighted by Gasteiger charge is -2.05. The first-order valence-corrected chi connectivity index (χ1v) is 4.13. The van der Waals surface area contributed by atoms with Crippen molar-refractivity contribution in [3.63, 3.8) is 0 Å². The van der Waals surface area contributed by atoms with E-state index in [0.29, 0.717) is 11.3 Å². The lowest BCUT2D eigenvalue weighted by Crippen LogP contribution is -2.34. The number of ether oxygens (including phenoxy) is 1. The molecule has 0 saturated heterocycles. The molecule has 0 fully saturated rings. The molecule has 0 aromatic heterocycles. The molecule has 1 rings (SSSR count). The van der Waals surface area contributed by atoms with Gasteiger partial charge in [0.1, 0.15) is 0 Å². The minimum atomic E-state index is -0.558. The highest BCUT2D eigenvalue weighted by atomic mass is 16.5. The Kier molecular flexibility index (Phi) is 3.64. The number of hydrazine groups is 1. The Morgan fingerprint density at radius 2 is 2.13 bits per heavy atom. The average Bonchev–Trinajstić information content (AvgIpc) is 2.28. The molecule has 6 nitrogen and oxygen atoms in total. The maximum atomic E-state index is 11.1. The Balaban J connectivity index is 2.83. The number of anilines is 1. The van der Waals surface area contributed by atoms with E-state index in [0.717, 1.165) is 0 Å². The molecule has 0 spiro atoms. The van der Waals surface area contributed by atoms with Gasteiger partial charge in [0.05, 0.1) is 12.7 Å². The van der Waals surface area contributed by atoms with Gasteiger partial charge in [-0.1, -0.05) is 6.07 Å². The fourth-order valence-electron chi connectivity index (χ4n) is 1.01. The molecule has 0 radical (unpaired) electrons. The molecule has 80 valence electrons. The smallest absolute Gasteiger partial charge is 0.337 e. The van der Waals surface area contributed by atoms with Gasteiger partial charge in [0.15, 0.2) is 0 Å². The minimum Gasteiger partial charge on any atom is -0.465 e. The highest BCUT2D eigenvalue weighted by molar-refractivity contribution is 5.93. The van der Waals surface area contributed by atoms with Gasteiger partial charge in [0, 0.05) is 5.69 Å². The maximum absolute atomic E-state index is 11.1. The van der Waals surface area contributed by atoms with Crippen LogP contribution in [0.15, 0.2) is 24.3 Å². The number of urea groups is 1. The first-order valence-electron chi connectivity index (χ1n) is 4.13. The first-order chi connectivity index (χ1) is 7.17. The summed E-state index contributed by atoms with van der Waals surface area (Å²) in [6.07, 6.45) is 0. The van der Waals surface area contributed by atoms with Gasteiger partial charge in [-0.05, 0) is 18.2 Å². The summed E-state index contributed by atoms with van der Waals surface area (Å²) in [6.45, 7) is 0. The zero-order chi connectivity index (χ0) is 11.3. The second kappa shape index (κ2) is 4.97. The van der Waals surface area contributed by atoms with Crippen molar-refractivity contribution in [2.75, 3.05) is 12.4 Å². The molecule has 0 saturated carbocycles. The quantitative estimate of drug-likeness (QED) is 0.285. The van der Waals surface area contributed by atoms with Crippen LogP contribution in [0.2, 0.25) is 0 Å². The third-order valence-electron chi connectivity index (χ3n) is 1.67. The minimum absolute atomic E-state index is 0.354. The SMILES string of the molecule is COC(=O)c1cccc(NC(=O)NN)c1. The number of hydrogen-bond acceptors (Lipinski definition) is 4. The van der Waals surface area contributed by atoms with Crippen LogP contribution in [-0.2, 0) is 4.74 Å². The summed E-state index contributed by atoms with van der Waals surface area (Å²) in [5.41, 5.74) is 2.72. The molecule has 0 aliphatic carbocycles. The van der Waals surface area contributed by atoms with E-state index in [1.54, 1.807) is 18.2 Å². The van der Waals surface area contributed by atoms with E-state index in [9.17, 15) is 9.59 Å². The highest BCUT2D eigenvalue weighted by Gasteiger charge is 2.06. The second-order valence-electron chi connectivity index (χ2n) is 2.67. The number of hydrogen-bond donors (Lipinski definition) is 3. The molecule has 4 N–H and O–H groups in total. The summed E-state index contributed by atoms with van der Waals surface area (Å²) >= 11 is 0. The van der Waals surface area contributed by atoms with Gasteiger partial charge < -0.3 is 10.1 Å². The lowest BCUT2D eigenvalue weighted by atomic mass is 10.2. The van der Waals surface area contributed by atoms with Crippen LogP contribution in [0.4, 0.5) is 10.5 Å². The molecule has 1 aromatic rings. The highest BCUT2D eigenvalue weighted by Crippen LogP contribution is 2.11. The molecule has 0 aliphatic rings. The van der Waals surface area contributed by atoms with Crippen molar-refractivity contribution in [2.24, 2.45) is 5.84 Å².